The minimum atomic E-state index is -0.470. The van der Waals surface area contributed by atoms with Crippen LogP contribution in [0.1, 0.15) is 34.6 Å². The molecule has 0 aromatic rings. The van der Waals surface area contributed by atoms with Gasteiger partial charge in [-0.05, 0) is 40.1 Å². The number of carbonyl (C=O) groups excluding carboxylic acids is 1. The molecule has 2 aliphatic rings. The van der Waals surface area contributed by atoms with E-state index in [1.807, 2.05) is 40.7 Å². The normalized spacial score (nSPS) is 22.7. The maximum Gasteiger partial charge on any atom is 0.491 e. The Hall–Kier alpha value is -1.01. The SMILES string of the molecule is CC(C)(C)OC(=O)N1CC=C(B2OCC(C)(C)O2)C1. The Labute approximate surface area is 115 Å². The summed E-state index contributed by atoms with van der Waals surface area (Å²) in [6.45, 7) is 11.2. The molecule has 0 unspecified atom stereocenters. The van der Waals surface area contributed by atoms with Crippen molar-refractivity contribution in [3.05, 3.63) is 11.5 Å². The number of nitrogens with zero attached hydrogens (tertiary/aromatic N) is 1. The molecule has 1 saturated heterocycles. The molecule has 6 heteroatoms. The van der Waals surface area contributed by atoms with Gasteiger partial charge in [-0.15, -0.1) is 0 Å². The van der Waals surface area contributed by atoms with Gasteiger partial charge in [0, 0.05) is 13.1 Å². The first-order chi connectivity index (χ1) is 8.66. The molecule has 0 aromatic carbocycles. The Balaban J connectivity index is 1.88. The molecular formula is C13H22BNO4. The molecular weight excluding hydrogens is 245 g/mol. The van der Waals surface area contributed by atoms with Crippen molar-refractivity contribution in [1.82, 2.24) is 4.90 Å². The highest BCUT2D eigenvalue weighted by Crippen LogP contribution is 2.26. The van der Waals surface area contributed by atoms with Crippen molar-refractivity contribution < 1.29 is 18.8 Å². The smallest absolute Gasteiger partial charge is 0.444 e. The number of hydrogen-bond donors (Lipinski definition) is 0. The molecule has 0 radical (unpaired) electrons. The predicted molar refractivity (Wildman–Crippen MR) is 72.8 cm³/mol. The number of carbonyl (C=O) groups is 1. The van der Waals surface area contributed by atoms with Crippen LogP contribution in [0.2, 0.25) is 0 Å². The zero-order valence-electron chi connectivity index (χ0n) is 12.4. The van der Waals surface area contributed by atoms with Crippen molar-refractivity contribution in [2.45, 2.75) is 45.8 Å². The van der Waals surface area contributed by atoms with E-state index in [1.54, 1.807) is 4.90 Å². The molecule has 0 spiro atoms. The fourth-order valence-electron chi connectivity index (χ4n) is 2.03. The molecule has 19 heavy (non-hydrogen) atoms. The zero-order chi connectivity index (χ0) is 14.3. The molecule has 1 fully saturated rings. The lowest BCUT2D eigenvalue weighted by Gasteiger charge is -2.24. The lowest BCUT2D eigenvalue weighted by atomic mass is 9.79. The first-order valence-electron chi connectivity index (χ1n) is 6.63. The highest BCUT2D eigenvalue weighted by molar-refractivity contribution is 6.54. The predicted octanol–water partition coefficient (Wildman–Crippen LogP) is 2.02. The van der Waals surface area contributed by atoms with Gasteiger partial charge in [0.1, 0.15) is 5.60 Å². The van der Waals surface area contributed by atoms with Crippen LogP contribution in [0.5, 0.6) is 0 Å². The molecule has 0 N–H and O–H groups in total. The minimum Gasteiger partial charge on any atom is -0.444 e. The number of amides is 1. The maximum absolute atomic E-state index is 11.9. The molecule has 0 atom stereocenters. The van der Waals surface area contributed by atoms with E-state index in [1.165, 1.54) is 0 Å². The van der Waals surface area contributed by atoms with Crippen molar-refractivity contribution in [3.8, 4) is 0 Å². The van der Waals surface area contributed by atoms with Gasteiger partial charge in [-0.1, -0.05) is 6.08 Å². The van der Waals surface area contributed by atoms with Crippen LogP contribution in [0.3, 0.4) is 0 Å². The van der Waals surface area contributed by atoms with Gasteiger partial charge in [0.25, 0.3) is 0 Å². The molecule has 2 aliphatic heterocycles. The monoisotopic (exact) mass is 267 g/mol. The van der Waals surface area contributed by atoms with Gasteiger partial charge in [0.05, 0.1) is 12.2 Å². The molecule has 0 bridgehead atoms. The van der Waals surface area contributed by atoms with Crippen molar-refractivity contribution in [3.63, 3.8) is 0 Å². The Kier molecular flexibility index (Phi) is 3.66. The number of rotatable bonds is 1. The second kappa shape index (κ2) is 4.83. The standard InChI is InChI=1S/C13H22BNO4/c1-12(2,3)18-11(16)15-7-6-10(8-15)14-17-9-13(4,5)19-14/h6H,7-9H2,1-5H3. The summed E-state index contributed by atoms with van der Waals surface area (Å²) in [4.78, 5) is 13.6. The molecule has 1 amide bonds. The fraction of sp³-hybridized carbons (Fsp3) is 0.769. The quantitative estimate of drug-likeness (QED) is 0.682. The highest BCUT2D eigenvalue weighted by atomic mass is 16.7. The summed E-state index contributed by atoms with van der Waals surface area (Å²) in [5.74, 6) is 0. The molecule has 2 rings (SSSR count). The first-order valence-corrected chi connectivity index (χ1v) is 6.63. The van der Waals surface area contributed by atoms with Crippen LogP contribution in [0, 0.1) is 0 Å². The van der Waals surface area contributed by atoms with E-state index in [2.05, 4.69) is 0 Å². The van der Waals surface area contributed by atoms with Crippen molar-refractivity contribution in [1.29, 1.82) is 0 Å². The third-order valence-corrected chi connectivity index (χ3v) is 2.91. The second-order valence-electron chi connectivity index (χ2n) is 6.66. The summed E-state index contributed by atoms with van der Waals surface area (Å²) in [6.07, 6.45) is 1.69. The molecule has 0 aliphatic carbocycles. The summed E-state index contributed by atoms with van der Waals surface area (Å²) < 4.78 is 16.7. The second-order valence-corrected chi connectivity index (χ2v) is 6.66. The lowest BCUT2D eigenvalue weighted by Crippen LogP contribution is -2.37. The summed E-state index contributed by atoms with van der Waals surface area (Å²) in [6, 6.07) is 0. The van der Waals surface area contributed by atoms with Crippen molar-refractivity contribution >= 4 is 13.2 Å². The third-order valence-electron chi connectivity index (χ3n) is 2.91. The fourth-order valence-corrected chi connectivity index (χ4v) is 2.03. The topological polar surface area (TPSA) is 48.0 Å². The van der Waals surface area contributed by atoms with Crippen LogP contribution in [0.25, 0.3) is 0 Å². The Morgan fingerprint density at radius 1 is 1.47 bits per heavy atom. The number of ether oxygens (including phenoxy) is 1. The van der Waals surface area contributed by atoms with E-state index in [0.717, 1.165) is 5.47 Å². The van der Waals surface area contributed by atoms with Crippen LogP contribution < -0.4 is 0 Å². The summed E-state index contributed by atoms with van der Waals surface area (Å²) >= 11 is 0. The summed E-state index contributed by atoms with van der Waals surface area (Å²) in [7, 11) is -0.331. The van der Waals surface area contributed by atoms with E-state index in [0.29, 0.717) is 19.7 Å². The maximum atomic E-state index is 11.9. The van der Waals surface area contributed by atoms with Crippen LogP contribution in [0.4, 0.5) is 4.79 Å². The minimum absolute atomic E-state index is 0.259. The Morgan fingerprint density at radius 3 is 2.68 bits per heavy atom. The Bertz CT molecular complexity index is 400. The molecule has 0 aromatic heterocycles. The van der Waals surface area contributed by atoms with Gasteiger partial charge in [0.2, 0.25) is 0 Å². The van der Waals surface area contributed by atoms with Gasteiger partial charge < -0.3 is 18.9 Å². The highest BCUT2D eigenvalue weighted by Gasteiger charge is 2.41. The summed E-state index contributed by atoms with van der Waals surface area (Å²) in [5, 5.41) is 0. The van der Waals surface area contributed by atoms with Gasteiger partial charge in [0.15, 0.2) is 0 Å². The molecule has 5 nitrogen and oxygen atoms in total. The van der Waals surface area contributed by atoms with Crippen molar-refractivity contribution in [2.75, 3.05) is 19.7 Å². The van der Waals surface area contributed by atoms with E-state index in [9.17, 15) is 4.79 Å². The van der Waals surface area contributed by atoms with Crippen LogP contribution in [-0.4, -0.2) is 49.0 Å². The summed E-state index contributed by atoms with van der Waals surface area (Å²) in [5.41, 5.74) is 0.268. The van der Waals surface area contributed by atoms with E-state index < -0.39 is 5.60 Å². The van der Waals surface area contributed by atoms with Crippen LogP contribution in [-0.2, 0) is 14.0 Å². The third kappa shape index (κ3) is 3.73. The van der Waals surface area contributed by atoms with Gasteiger partial charge >= 0.3 is 13.2 Å². The Morgan fingerprint density at radius 2 is 2.16 bits per heavy atom. The van der Waals surface area contributed by atoms with Crippen LogP contribution >= 0.6 is 0 Å². The molecule has 0 saturated carbocycles. The van der Waals surface area contributed by atoms with E-state index >= 15 is 0 Å². The van der Waals surface area contributed by atoms with Gasteiger partial charge in [-0.25, -0.2) is 4.79 Å². The number of hydrogen-bond acceptors (Lipinski definition) is 4. The first kappa shape index (κ1) is 14.4. The zero-order valence-corrected chi connectivity index (χ0v) is 12.4. The van der Waals surface area contributed by atoms with Gasteiger partial charge in [-0.2, -0.15) is 0 Å². The average Bonchev–Trinajstić information content (AvgIpc) is 2.81. The largest absolute Gasteiger partial charge is 0.491 e. The lowest BCUT2D eigenvalue weighted by molar-refractivity contribution is 0.0302. The average molecular weight is 267 g/mol. The van der Waals surface area contributed by atoms with Gasteiger partial charge in [-0.3, -0.25) is 0 Å². The van der Waals surface area contributed by atoms with E-state index in [4.69, 9.17) is 14.0 Å². The van der Waals surface area contributed by atoms with Crippen molar-refractivity contribution in [2.24, 2.45) is 0 Å². The van der Waals surface area contributed by atoms with E-state index in [-0.39, 0.29) is 18.8 Å². The van der Waals surface area contributed by atoms with Crippen LogP contribution in [0.15, 0.2) is 11.5 Å². The molecule has 2 heterocycles. The molecule has 106 valence electrons.